The normalized spacial score (nSPS) is 9.39. The molecule has 0 aromatic rings. The molecule has 0 saturated heterocycles. The molecule has 0 unspecified atom stereocenters. The van der Waals surface area contributed by atoms with Gasteiger partial charge < -0.3 is 10.6 Å². The Labute approximate surface area is 125 Å². The van der Waals surface area contributed by atoms with Gasteiger partial charge in [0.15, 0.2) is 0 Å². The van der Waals surface area contributed by atoms with Gasteiger partial charge in [0.25, 0.3) is 0 Å². The van der Waals surface area contributed by atoms with E-state index in [0.717, 1.165) is 12.8 Å². The molecule has 0 bridgehead atoms. The summed E-state index contributed by atoms with van der Waals surface area (Å²) in [4.78, 5) is 10.3. The van der Waals surface area contributed by atoms with Crippen molar-refractivity contribution in [3.63, 3.8) is 0 Å². The maximum Gasteiger partial charge on any atom is 0.303 e. The number of carbonyl (C=O) groups is 1. The van der Waals surface area contributed by atoms with E-state index in [2.05, 4.69) is 6.92 Å². The molecule has 18 heavy (non-hydrogen) atoms. The average Bonchev–Trinajstić information content (AvgIpc) is 2.25. The fraction of sp³-hybridized carbons (Fsp3) is 0.929. The summed E-state index contributed by atoms with van der Waals surface area (Å²) in [5.74, 6) is -0.657. The smallest absolute Gasteiger partial charge is 0.303 e. The number of unbranched alkanes of at least 4 members (excludes halogenated alkanes) is 10. The molecular weight excluding hydrogens is 282 g/mol. The standard InChI is InChI=1S/C14H28O2.H2O.Zn/c1-2-3-4-5-6-7-8-9-10-11-12-13-14(15)16;;/h2-13H2,1H3,(H,15,16);1H2;. The number of carboxylic acid groups (broad SMARTS) is 1. The molecule has 0 heterocycles. The van der Waals surface area contributed by atoms with Crippen molar-refractivity contribution < 1.29 is 34.9 Å². The van der Waals surface area contributed by atoms with Crippen molar-refractivity contribution in [3.05, 3.63) is 0 Å². The van der Waals surface area contributed by atoms with Crippen LogP contribution in [-0.4, -0.2) is 16.6 Å². The Balaban J connectivity index is -0.00000112. The predicted molar refractivity (Wildman–Crippen MR) is 72.3 cm³/mol. The number of hydrogen-bond acceptors (Lipinski definition) is 1. The molecule has 0 aliphatic heterocycles. The molecule has 3 N–H and O–H groups in total. The van der Waals surface area contributed by atoms with Crippen molar-refractivity contribution in [1.82, 2.24) is 0 Å². The Bertz CT molecular complexity index is 163. The van der Waals surface area contributed by atoms with E-state index in [1.54, 1.807) is 0 Å². The van der Waals surface area contributed by atoms with Crippen LogP contribution in [0.3, 0.4) is 0 Å². The minimum atomic E-state index is -0.657. The first-order chi connectivity index (χ1) is 7.77. The van der Waals surface area contributed by atoms with E-state index in [0.29, 0.717) is 6.42 Å². The Hall–Kier alpha value is 0.0534. The third-order valence-electron chi connectivity index (χ3n) is 2.99. The van der Waals surface area contributed by atoms with Gasteiger partial charge in [0, 0.05) is 25.9 Å². The molecule has 0 radical (unpaired) electrons. The van der Waals surface area contributed by atoms with Crippen LogP contribution in [0.25, 0.3) is 0 Å². The van der Waals surface area contributed by atoms with Gasteiger partial charge in [-0.1, -0.05) is 71.1 Å². The zero-order chi connectivity index (χ0) is 12.1. The maximum atomic E-state index is 10.3. The minimum Gasteiger partial charge on any atom is -0.481 e. The molecule has 0 saturated carbocycles. The van der Waals surface area contributed by atoms with Crippen LogP contribution >= 0.6 is 0 Å². The van der Waals surface area contributed by atoms with E-state index in [1.165, 1.54) is 57.8 Å². The molecule has 0 aromatic carbocycles. The second-order valence-corrected chi connectivity index (χ2v) is 4.68. The molecule has 4 heteroatoms. The Morgan fingerprint density at radius 1 is 0.778 bits per heavy atom. The van der Waals surface area contributed by atoms with Crippen LogP contribution in [0.1, 0.15) is 84.0 Å². The van der Waals surface area contributed by atoms with E-state index < -0.39 is 5.97 Å². The number of carboxylic acids is 1. The van der Waals surface area contributed by atoms with Crippen molar-refractivity contribution in [2.75, 3.05) is 0 Å². The van der Waals surface area contributed by atoms with Gasteiger partial charge in [-0.15, -0.1) is 0 Å². The molecule has 0 aliphatic rings. The fourth-order valence-corrected chi connectivity index (χ4v) is 1.94. The van der Waals surface area contributed by atoms with Crippen LogP contribution in [0, 0.1) is 0 Å². The number of rotatable bonds is 12. The molecule has 3 nitrogen and oxygen atoms in total. The summed E-state index contributed by atoms with van der Waals surface area (Å²) in [6.45, 7) is 2.25. The van der Waals surface area contributed by atoms with Gasteiger partial charge in [-0.05, 0) is 6.42 Å². The summed E-state index contributed by atoms with van der Waals surface area (Å²) < 4.78 is 0. The Kier molecular flexibility index (Phi) is 25.0. The molecule has 0 aliphatic carbocycles. The molecule has 0 rings (SSSR count). The van der Waals surface area contributed by atoms with E-state index in [4.69, 9.17) is 5.11 Å². The van der Waals surface area contributed by atoms with Crippen molar-refractivity contribution in [3.8, 4) is 0 Å². The summed E-state index contributed by atoms with van der Waals surface area (Å²) in [5.41, 5.74) is 0. The van der Waals surface area contributed by atoms with Crippen molar-refractivity contribution in [1.29, 1.82) is 0 Å². The molecule has 0 aromatic heterocycles. The van der Waals surface area contributed by atoms with Gasteiger partial charge in [-0.2, -0.15) is 0 Å². The van der Waals surface area contributed by atoms with Crippen LogP contribution in [0.5, 0.6) is 0 Å². The first-order valence-corrected chi connectivity index (χ1v) is 6.99. The van der Waals surface area contributed by atoms with Crippen LogP contribution in [-0.2, 0) is 24.3 Å². The van der Waals surface area contributed by atoms with Gasteiger partial charge >= 0.3 is 5.97 Å². The van der Waals surface area contributed by atoms with Crippen LogP contribution in [0.4, 0.5) is 0 Å². The fourth-order valence-electron chi connectivity index (χ4n) is 1.94. The second kappa shape index (κ2) is 19.4. The van der Waals surface area contributed by atoms with E-state index in [-0.39, 0.29) is 25.0 Å². The third kappa shape index (κ3) is 21.3. The second-order valence-electron chi connectivity index (χ2n) is 4.68. The van der Waals surface area contributed by atoms with Gasteiger partial charge in [0.1, 0.15) is 0 Å². The SMILES string of the molecule is CCCCCCCCCCCCCC(=O)O.O.[Zn]. The number of hydrogen-bond donors (Lipinski definition) is 1. The topological polar surface area (TPSA) is 68.8 Å². The monoisotopic (exact) mass is 310 g/mol. The zero-order valence-electron chi connectivity index (χ0n) is 12.0. The van der Waals surface area contributed by atoms with Crippen LogP contribution < -0.4 is 0 Å². The summed E-state index contributed by atoms with van der Waals surface area (Å²) in [6, 6.07) is 0. The summed E-state index contributed by atoms with van der Waals surface area (Å²) in [7, 11) is 0. The summed E-state index contributed by atoms with van der Waals surface area (Å²) in [6.07, 6.45) is 14.4. The molecule has 0 amide bonds. The average molecular weight is 312 g/mol. The van der Waals surface area contributed by atoms with E-state index >= 15 is 0 Å². The maximum absolute atomic E-state index is 10.3. The van der Waals surface area contributed by atoms with Gasteiger partial charge in [-0.25, -0.2) is 0 Å². The van der Waals surface area contributed by atoms with Crippen molar-refractivity contribution in [2.45, 2.75) is 84.0 Å². The minimum absolute atomic E-state index is 0. The summed E-state index contributed by atoms with van der Waals surface area (Å²) in [5, 5.41) is 8.46. The van der Waals surface area contributed by atoms with Crippen LogP contribution in [0.15, 0.2) is 0 Å². The van der Waals surface area contributed by atoms with E-state index in [9.17, 15) is 4.79 Å². The van der Waals surface area contributed by atoms with Crippen molar-refractivity contribution >= 4 is 5.97 Å². The quantitative estimate of drug-likeness (QED) is 0.438. The Morgan fingerprint density at radius 2 is 1.11 bits per heavy atom. The molecular formula is C14H30O3Zn. The van der Waals surface area contributed by atoms with Crippen LogP contribution in [0.2, 0.25) is 0 Å². The van der Waals surface area contributed by atoms with Gasteiger partial charge in [-0.3, -0.25) is 4.79 Å². The number of aliphatic carboxylic acids is 1. The Morgan fingerprint density at radius 3 is 1.44 bits per heavy atom. The predicted octanol–water partition coefficient (Wildman–Crippen LogP) is 3.94. The molecule has 0 fully saturated rings. The van der Waals surface area contributed by atoms with Gasteiger partial charge in [0.05, 0.1) is 0 Å². The molecule has 106 valence electrons. The summed E-state index contributed by atoms with van der Waals surface area (Å²) >= 11 is 0. The largest absolute Gasteiger partial charge is 0.481 e. The first kappa shape index (κ1) is 23.2. The van der Waals surface area contributed by atoms with E-state index in [1.807, 2.05) is 0 Å². The zero-order valence-corrected chi connectivity index (χ0v) is 15.0. The van der Waals surface area contributed by atoms with Crippen molar-refractivity contribution in [2.24, 2.45) is 0 Å². The first-order valence-electron chi connectivity index (χ1n) is 6.99. The third-order valence-corrected chi connectivity index (χ3v) is 2.99. The molecule has 0 spiro atoms. The van der Waals surface area contributed by atoms with Gasteiger partial charge in [0.2, 0.25) is 0 Å². The molecule has 0 atom stereocenters.